The molecule has 1 aromatic heterocycles. The normalized spacial score (nSPS) is 10.7. The van der Waals surface area contributed by atoms with Crippen molar-refractivity contribution >= 4 is 40.3 Å². The molecule has 0 aliphatic carbocycles. The van der Waals surface area contributed by atoms with Crippen LogP contribution in [-0.4, -0.2) is 11.4 Å². The lowest BCUT2D eigenvalue weighted by atomic mass is 10.1. The summed E-state index contributed by atoms with van der Waals surface area (Å²) in [4.78, 5) is 12.1. The zero-order chi connectivity index (χ0) is 10.1. The van der Waals surface area contributed by atoms with Crippen molar-refractivity contribution in [1.82, 2.24) is 0 Å². The van der Waals surface area contributed by atoms with Gasteiger partial charge >= 0.3 is 0 Å². The first kappa shape index (κ1) is 9.71. The first-order chi connectivity index (χ1) is 6.74. The van der Waals surface area contributed by atoms with E-state index in [4.69, 9.17) is 5.11 Å². The first-order valence-electron chi connectivity index (χ1n) is 4.06. The summed E-state index contributed by atoms with van der Waals surface area (Å²) in [7, 11) is 0. The largest absolute Gasteiger partial charge is 0.392 e. The molecule has 0 spiro atoms. The van der Waals surface area contributed by atoms with Crippen molar-refractivity contribution in [3.8, 4) is 0 Å². The predicted octanol–water partition coefficient (Wildman–Crippen LogP) is 2.49. The first-order valence-corrected chi connectivity index (χ1v) is 5.32. The molecule has 2 rings (SSSR count). The summed E-state index contributed by atoms with van der Waals surface area (Å²) in [5.74, 6) is 0. The molecule has 0 bridgehead atoms. The monoisotopic (exact) mass is 224 g/mol. The van der Waals surface area contributed by atoms with Crippen LogP contribution in [0.2, 0.25) is 0 Å². The van der Waals surface area contributed by atoms with Crippen LogP contribution in [0.4, 0.5) is 0 Å². The second-order valence-corrected chi connectivity index (χ2v) is 4.57. The zero-order valence-corrected chi connectivity index (χ0v) is 8.94. The highest BCUT2D eigenvalue weighted by Crippen LogP contribution is 2.30. The molecule has 0 fully saturated rings. The van der Waals surface area contributed by atoms with Crippen LogP contribution in [0.5, 0.6) is 0 Å². The van der Waals surface area contributed by atoms with E-state index < -0.39 is 0 Å². The Balaban J connectivity index is 2.77. The molecular weight excluding hydrogens is 216 g/mol. The van der Waals surface area contributed by atoms with Gasteiger partial charge in [-0.25, -0.2) is 0 Å². The van der Waals surface area contributed by atoms with E-state index in [1.54, 1.807) is 6.07 Å². The van der Waals surface area contributed by atoms with Gasteiger partial charge in [0.1, 0.15) is 0 Å². The molecule has 2 nitrogen and oxygen atoms in total. The molecule has 0 aliphatic heterocycles. The van der Waals surface area contributed by atoms with Crippen molar-refractivity contribution in [2.24, 2.45) is 0 Å². The van der Waals surface area contributed by atoms with Gasteiger partial charge in [-0.3, -0.25) is 4.79 Å². The van der Waals surface area contributed by atoms with E-state index in [-0.39, 0.29) is 6.61 Å². The fraction of sp³-hybridized carbons (Fsp3) is 0.100. The molecule has 0 amide bonds. The third-order valence-electron chi connectivity index (χ3n) is 2.01. The lowest BCUT2D eigenvalue weighted by molar-refractivity contribution is 0.112. The number of carbonyl (C=O) groups excluding carboxylic acids is 1. The fourth-order valence-corrected chi connectivity index (χ4v) is 2.74. The van der Waals surface area contributed by atoms with Gasteiger partial charge in [0, 0.05) is 9.60 Å². The van der Waals surface area contributed by atoms with Gasteiger partial charge in [-0.2, -0.15) is 0 Å². The average molecular weight is 224 g/mol. The Morgan fingerprint density at radius 2 is 2.21 bits per heavy atom. The lowest BCUT2D eigenvalue weighted by Crippen LogP contribution is -1.83. The van der Waals surface area contributed by atoms with Gasteiger partial charge in [0.25, 0.3) is 0 Å². The Bertz CT molecular complexity index is 488. The van der Waals surface area contributed by atoms with Gasteiger partial charge in [-0.15, -0.1) is 24.0 Å². The third-order valence-corrected chi connectivity index (χ3v) is 3.28. The molecular formula is C10H8O2S2. The highest BCUT2D eigenvalue weighted by atomic mass is 32.1. The van der Waals surface area contributed by atoms with Crippen LogP contribution in [0.25, 0.3) is 10.1 Å². The topological polar surface area (TPSA) is 37.3 Å². The second kappa shape index (κ2) is 3.73. The maximum atomic E-state index is 10.6. The Morgan fingerprint density at radius 3 is 2.86 bits per heavy atom. The summed E-state index contributed by atoms with van der Waals surface area (Å²) < 4.78 is 0.989. The number of thiol groups is 1. The maximum Gasteiger partial charge on any atom is 0.160 e. The highest BCUT2D eigenvalue weighted by Gasteiger charge is 2.06. The average Bonchev–Trinajstić information content (AvgIpc) is 2.59. The summed E-state index contributed by atoms with van der Waals surface area (Å²) >= 11 is 5.64. The molecule has 0 radical (unpaired) electrons. The lowest BCUT2D eigenvalue weighted by Gasteiger charge is -1.99. The molecule has 2 aromatic rings. The third kappa shape index (κ3) is 1.56. The summed E-state index contributed by atoms with van der Waals surface area (Å²) in [6.07, 6.45) is 0.823. The number of aliphatic hydroxyl groups excluding tert-OH is 1. The molecule has 0 saturated heterocycles. The fourth-order valence-electron chi connectivity index (χ4n) is 1.40. The summed E-state index contributed by atoms with van der Waals surface area (Å²) in [6, 6.07) is 5.51. The van der Waals surface area contributed by atoms with E-state index in [2.05, 4.69) is 12.6 Å². The van der Waals surface area contributed by atoms with Gasteiger partial charge in [0.2, 0.25) is 0 Å². The van der Waals surface area contributed by atoms with E-state index >= 15 is 0 Å². The van der Waals surface area contributed by atoms with Crippen LogP contribution in [0.15, 0.2) is 23.1 Å². The minimum absolute atomic E-state index is 0.0278. The van der Waals surface area contributed by atoms with Gasteiger partial charge in [0.05, 0.1) is 11.5 Å². The molecule has 0 atom stereocenters. The molecule has 0 unspecified atom stereocenters. The molecule has 1 heterocycles. The predicted molar refractivity (Wildman–Crippen MR) is 60.4 cm³/mol. The number of hydrogen-bond donors (Lipinski definition) is 2. The number of thiophene rings is 1. The zero-order valence-electron chi connectivity index (χ0n) is 7.23. The number of aldehydes is 1. The second-order valence-electron chi connectivity index (χ2n) is 2.94. The minimum Gasteiger partial charge on any atom is -0.392 e. The van der Waals surface area contributed by atoms with Gasteiger partial charge in [-0.05, 0) is 29.1 Å². The van der Waals surface area contributed by atoms with Gasteiger partial charge in [-0.1, -0.05) is 0 Å². The summed E-state index contributed by atoms with van der Waals surface area (Å²) in [6.45, 7) is -0.0278. The maximum absolute atomic E-state index is 10.6. The summed E-state index contributed by atoms with van der Waals surface area (Å²) in [5, 5.41) is 10.1. The smallest absolute Gasteiger partial charge is 0.160 e. The molecule has 1 N–H and O–H groups in total. The van der Waals surface area contributed by atoms with Crippen LogP contribution < -0.4 is 0 Å². The molecule has 0 saturated carbocycles. The van der Waals surface area contributed by atoms with E-state index in [0.717, 1.165) is 26.8 Å². The summed E-state index contributed by atoms with van der Waals surface area (Å²) in [5.41, 5.74) is 0.817. The van der Waals surface area contributed by atoms with Crippen molar-refractivity contribution in [3.63, 3.8) is 0 Å². The van der Waals surface area contributed by atoms with Crippen molar-refractivity contribution in [2.75, 3.05) is 0 Å². The molecule has 14 heavy (non-hydrogen) atoms. The van der Waals surface area contributed by atoms with E-state index in [0.29, 0.717) is 4.88 Å². The number of rotatable bonds is 2. The van der Waals surface area contributed by atoms with Crippen LogP contribution >= 0.6 is 24.0 Å². The quantitative estimate of drug-likeness (QED) is 0.607. The SMILES string of the molecule is O=Cc1cc2c(CO)cc(S)cc2s1. The Kier molecular flexibility index (Phi) is 2.58. The van der Waals surface area contributed by atoms with Gasteiger partial charge in [0.15, 0.2) is 6.29 Å². The minimum atomic E-state index is -0.0278. The Hall–Kier alpha value is -0.840. The van der Waals surface area contributed by atoms with Gasteiger partial charge < -0.3 is 5.11 Å². The number of carbonyl (C=O) groups is 1. The molecule has 72 valence electrons. The Morgan fingerprint density at radius 1 is 1.43 bits per heavy atom. The molecule has 4 heteroatoms. The van der Waals surface area contributed by atoms with Crippen molar-refractivity contribution in [1.29, 1.82) is 0 Å². The van der Waals surface area contributed by atoms with E-state index in [1.165, 1.54) is 11.3 Å². The number of fused-ring (bicyclic) bond motifs is 1. The van der Waals surface area contributed by atoms with Crippen LogP contribution in [-0.2, 0) is 6.61 Å². The number of aliphatic hydroxyl groups is 1. The van der Waals surface area contributed by atoms with Crippen LogP contribution in [0, 0.1) is 0 Å². The van der Waals surface area contributed by atoms with Crippen molar-refractivity contribution in [2.45, 2.75) is 11.5 Å². The number of hydrogen-bond acceptors (Lipinski definition) is 4. The number of benzene rings is 1. The van der Waals surface area contributed by atoms with Crippen LogP contribution in [0.1, 0.15) is 15.2 Å². The standard InChI is InChI=1S/C10H8O2S2/c11-4-6-1-7(13)2-10-9(6)3-8(5-12)14-10/h1-3,5,11,13H,4H2. The van der Waals surface area contributed by atoms with Crippen molar-refractivity contribution < 1.29 is 9.90 Å². The molecule has 0 aliphatic rings. The van der Waals surface area contributed by atoms with Crippen LogP contribution in [0.3, 0.4) is 0 Å². The Labute approximate surface area is 90.6 Å². The highest BCUT2D eigenvalue weighted by molar-refractivity contribution is 7.80. The molecule has 1 aromatic carbocycles. The van der Waals surface area contributed by atoms with E-state index in [9.17, 15) is 4.79 Å². The van der Waals surface area contributed by atoms with Crippen molar-refractivity contribution in [3.05, 3.63) is 28.6 Å². The van der Waals surface area contributed by atoms with E-state index in [1.807, 2.05) is 12.1 Å².